The topological polar surface area (TPSA) is 117 Å². The molecule has 0 saturated carbocycles. The summed E-state index contributed by atoms with van der Waals surface area (Å²) < 4.78 is 9.97. The van der Waals surface area contributed by atoms with Gasteiger partial charge in [-0.25, -0.2) is 0 Å². The van der Waals surface area contributed by atoms with Gasteiger partial charge in [0.1, 0.15) is 5.75 Å². The van der Waals surface area contributed by atoms with E-state index in [9.17, 15) is 14.4 Å². The summed E-state index contributed by atoms with van der Waals surface area (Å²) >= 11 is 0. The van der Waals surface area contributed by atoms with E-state index in [1.54, 1.807) is 38.3 Å². The van der Waals surface area contributed by atoms with Crippen LogP contribution in [0.1, 0.15) is 29.2 Å². The summed E-state index contributed by atoms with van der Waals surface area (Å²) in [6.07, 6.45) is -0.128. The number of benzene rings is 1. The van der Waals surface area contributed by atoms with Crippen molar-refractivity contribution < 1.29 is 14.3 Å². The van der Waals surface area contributed by atoms with E-state index < -0.39 is 11.9 Å². The van der Waals surface area contributed by atoms with Crippen LogP contribution in [-0.2, 0) is 9.53 Å². The first-order valence-electron chi connectivity index (χ1n) is 7.99. The van der Waals surface area contributed by atoms with Gasteiger partial charge in [-0.05, 0) is 31.2 Å². The Balaban J connectivity index is 2.23. The SMILES string of the molecule is COC(=O)C[C@@H](c1cc2cc(OC)ccc2[nH]c1=O)c1c(C)[nH][nH]c1=O. The number of rotatable bonds is 5. The average molecular weight is 357 g/mol. The zero-order valence-electron chi connectivity index (χ0n) is 14.6. The van der Waals surface area contributed by atoms with E-state index in [1.807, 2.05) is 0 Å². The van der Waals surface area contributed by atoms with Crippen LogP contribution in [0.3, 0.4) is 0 Å². The molecule has 0 amide bonds. The smallest absolute Gasteiger partial charge is 0.306 e. The summed E-state index contributed by atoms with van der Waals surface area (Å²) in [6, 6.07) is 6.93. The molecule has 1 atom stereocenters. The molecule has 0 aliphatic rings. The van der Waals surface area contributed by atoms with Gasteiger partial charge in [-0.3, -0.25) is 19.5 Å². The lowest BCUT2D eigenvalue weighted by molar-refractivity contribution is -0.140. The number of hydrogen-bond donors (Lipinski definition) is 3. The third-order valence-electron chi connectivity index (χ3n) is 4.41. The van der Waals surface area contributed by atoms with Crippen LogP contribution in [-0.4, -0.2) is 35.4 Å². The molecule has 0 saturated heterocycles. The van der Waals surface area contributed by atoms with E-state index in [1.165, 1.54) is 7.11 Å². The third-order valence-corrected chi connectivity index (χ3v) is 4.41. The molecule has 136 valence electrons. The van der Waals surface area contributed by atoms with E-state index in [0.29, 0.717) is 28.1 Å². The second-order valence-corrected chi connectivity index (χ2v) is 5.96. The molecule has 0 spiro atoms. The van der Waals surface area contributed by atoms with Gasteiger partial charge in [0.2, 0.25) is 0 Å². The zero-order chi connectivity index (χ0) is 18.8. The quantitative estimate of drug-likeness (QED) is 0.599. The lowest BCUT2D eigenvalue weighted by Gasteiger charge is -2.15. The van der Waals surface area contributed by atoms with Crippen molar-refractivity contribution in [2.24, 2.45) is 0 Å². The highest BCUT2D eigenvalue weighted by Crippen LogP contribution is 2.28. The number of esters is 1. The summed E-state index contributed by atoms with van der Waals surface area (Å²) in [5.41, 5.74) is 1.11. The molecule has 0 bridgehead atoms. The van der Waals surface area contributed by atoms with Gasteiger partial charge in [0.15, 0.2) is 0 Å². The molecule has 0 radical (unpaired) electrons. The normalized spacial score (nSPS) is 12.1. The van der Waals surface area contributed by atoms with E-state index in [-0.39, 0.29) is 17.5 Å². The van der Waals surface area contributed by atoms with Crippen LogP contribution in [0.4, 0.5) is 0 Å². The van der Waals surface area contributed by atoms with Crippen molar-refractivity contribution in [3.63, 3.8) is 0 Å². The number of pyridine rings is 1. The molecule has 0 aliphatic heterocycles. The molecular weight excluding hydrogens is 338 g/mol. The van der Waals surface area contributed by atoms with E-state index in [4.69, 9.17) is 9.47 Å². The molecule has 8 nitrogen and oxygen atoms in total. The molecule has 2 aromatic heterocycles. The third kappa shape index (κ3) is 3.13. The van der Waals surface area contributed by atoms with Crippen LogP contribution < -0.4 is 15.9 Å². The Hall–Kier alpha value is -3.29. The van der Waals surface area contributed by atoms with Crippen LogP contribution in [0.5, 0.6) is 5.75 Å². The number of aromatic amines is 3. The maximum atomic E-state index is 12.7. The first kappa shape index (κ1) is 17.5. The van der Waals surface area contributed by atoms with Crippen molar-refractivity contribution in [3.8, 4) is 5.75 Å². The van der Waals surface area contributed by atoms with E-state index in [2.05, 4.69) is 15.2 Å². The first-order chi connectivity index (χ1) is 12.4. The van der Waals surface area contributed by atoms with Gasteiger partial charge >= 0.3 is 5.97 Å². The summed E-state index contributed by atoms with van der Waals surface area (Å²) in [5.74, 6) is -0.618. The fourth-order valence-corrected chi connectivity index (χ4v) is 3.08. The van der Waals surface area contributed by atoms with Gasteiger partial charge in [0.05, 0.1) is 20.6 Å². The number of carbonyl (C=O) groups excluding carboxylic acids is 1. The Morgan fingerprint density at radius 3 is 2.50 bits per heavy atom. The van der Waals surface area contributed by atoms with Crippen molar-refractivity contribution in [3.05, 3.63) is 61.8 Å². The highest BCUT2D eigenvalue weighted by molar-refractivity contribution is 5.81. The highest BCUT2D eigenvalue weighted by atomic mass is 16.5. The van der Waals surface area contributed by atoms with Gasteiger partial charge in [-0.1, -0.05) is 0 Å². The van der Waals surface area contributed by atoms with Crippen molar-refractivity contribution >= 4 is 16.9 Å². The Labute approximate surface area is 148 Å². The molecule has 3 N–H and O–H groups in total. The molecule has 0 aliphatic carbocycles. The van der Waals surface area contributed by atoms with Crippen LogP contribution in [0.25, 0.3) is 10.9 Å². The van der Waals surface area contributed by atoms with Gasteiger partial charge in [-0.2, -0.15) is 0 Å². The highest BCUT2D eigenvalue weighted by Gasteiger charge is 2.27. The molecule has 0 fully saturated rings. The Morgan fingerprint density at radius 2 is 1.88 bits per heavy atom. The Morgan fingerprint density at radius 1 is 1.12 bits per heavy atom. The minimum absolute atomic E-state index is 0.128. The van der Waals surface area contributed by atoms with Gasteiger partial charge in [-0.15, -0.1) is 0 Å². The summed E-state index contributed by atoms with van der Waals surface area (Å²) in [5, 5.41) is 5.95. The minimum Gasteiger partial charge on any atom is -0.497 e. The van der Waals surface area contributed by atoms with Crippen LogP contribution in [0.15, 0.2) is 33.9 Å². The number of H-pyrrole nitrogens is 3. The first-order valence-corrected chi connectivity index (χ1v) is 7.99. The molecule has 8 heteroatoms. The maximum Gasteiger partial charge on any atom is 0.306 e. The largest absolute Gasteiger partial charge is 0.497 e. The standard InChI is InChI=1S/C18H19N3O5/c1-9-16(18(24)21-20-9)12(8-15(22)26-3)13-7-10-6-11(25-2)4-5-14(10)19-17(13)23/h4-7,12H,8H2,1-3H3,(H,19,23)(H2,20,21,24)/t12-/m0/s1. The van der Waals surface area contributed by atoms with Crippen LogP contribution >= 0.6 is 0 Å². The van der Waals surface area contributed by atoms with Gasteiger partial charge < -0.3 is 19.6 Å². The number of carbonyl (C=O) groups is 1. The van der Waals surface area contributed by atoms with Crippen molar-refractivity contribution in [1.29, 1.82) is 0 Å². The van der Waals surface area contributed by atoms with Crippen molar-refractivity contribution in [1.82, 2.24) is 15.2 Å². The summed E-state index contributed by atoms with van der Waals surface area (Å²) in [7, 11) is 2.82. The van der Waals surface area contributed by atoms with E-state index in [0.717, 1.165) is 5.39 Å². The Bertz CT molecular complexity index is 1080. The van der Waals surface area contributed by atoms with Crippen LogP contribution in [0, 0.1) is 6.92 Å². The number of nitrogens with one attached hydrogen (secondary N) is 3. The lowest BCUT2D eigenvalue weighted by atomic mass is 9.89. The predicted octanol–water partition coefficient (Wildman–Crippen LogP) is 1.56. The lowest BCUT2D eigenvalue weighted by Crippen LogP contribution is -2.23. The fraction of sp³-hybridized carbons (Fsp3) is 0.278. The number of ether oxygens (including phenoxy) is 2. The average Bonchev–Trinajstić information content (AvgIpc) is 2.97. The summed E-state index contributed by atoms with van der Waals surface area (Å²) in [6.45, 7) is 1.70. The zero-order valence-corrected chi connectivity index (χ0v) is 14.6. The number of hydrogen-bond acceptors (Lipinski definition) is 5. The van der Waals surface area contributed by atoms with E-state index >= 15 is 0 Å². The number of methoxy groups -OCH3 is 2. The second kappa shape index (κ2) is 6.91. The molecule has 1 aromatic carbocycles. The number of fused-ring (bicyclic) bond motifs is 1. The van der Waals surface area contributed by atoms with Crippen molar-refractivity contribution in [2.45, 2.75) is 19.3 Å². The fourth-order valence-electron chi connectivity index (χ4n) is 3.08. The molecular formula is C18H19N3O5. The molecule has 0 unspecified atom stereocenters. The monoisotopic (exact) mass is 357 g/mol. The number of aromatic nitrogens is 3. The van der Waals surface area contributed by atoms with Gasteiger partial charge in [0, 0.05) is 33.6 Å². The van der Waals surface area contributed by atoms with Crippen molar-refractivity contribution in [2.75, 3.05) is 14.2 Å². The maximum absolute atomic E-state index is 12.7. The van der Waals surface area contributed by atoms with Crippen LogP contribution in [0.2, 0.25) is 0 Å². The number of aryl methyl sites for hydroxylation is 1. The van der Waals surface area contributed by atoms with Gasteiger partial charge in [0.25, 0.3) is 11.1 Å². The molecule has 3 rings (SSSR count). The predicted molar refractivity (Wildman–Crippen MR) is 95.7 cm³/mol. The second-order valence-electron chi connectivity index (χ2n) is 5.96. The summed E-state index contributed by atoms with van der Waals surface area (Å²) in [4.78, 5) is 39.6. The minimum atomic E-state index is -0.739. The molecule has 26 heavy (non-hydrogen) atoms. The molecule has 3 aromatic rings. The molecule has 2 heterocycles. The Kier molecular flexibility index (Phi) is 4.66.